The Morgan fingerprint density at radius 2 is 1.77 bits per heavy atom. The summed E-state index contributed by atoms with van der Waals surface area (Å²) in [4.78, 5) is 45.2. The van der Waals surface area contributed by atoms with Gasteiger partial charge >= 0.3 is 6.09 Å². The van der Waals surface area contributed by atoms with E-state index in [-0.39, 0.29) is 31.2 Å². The van der Waals surface area contributed by atoms with Crippen LogP contribution in [0.2, 0.25) is 0 Å². The molecule has 0 saturated carbocycles. The van der Waals surface area contributed by atoms with Crippen LogP contribution in [-0.2, 0) is 29.0 Å². The van der Waals surface area contributed by atoms with Crippen molar-refractivity contribution in [3.8, 4) is 11.4 Å². The van der Waals surface area contributed by atoms with Gasteiger partial charge in [-0.05, 0) is 45.7 Å². The van der Waals surface area contributed by atoms with Gasteiger partial charge in [0.05, 0.1) is 18.8 Å². The number of hydrogen-bond donors (Lipinski definition) is 1. The number of hydrogen-bond acceptors (Lipinski definition) is 5. The molecule has 0 bridgehead atoms. The summed E-state index contributed by atoms with van der Waals surface area (Å²) >= 11 is 0. The van der Waals surface area contributed by atoms with E-state index in [0.717, 1.165) is 22.3 Å². The predicted octanol–water partition coefficient (Wildman–Crippen LogP) is 3.99. The third-order valence-electron chi connectivity index (χ3n) is 6.11. The molecule has 3 aromatic rings. The van der Waals surface area contributed by atoms with E-state index in [9.17, 15) is 14.4 Å². The zero-order valence-corrected chi connectivity index (χ0v) is 20.6. The smallest absolute Gasteiger partial charge is 0.410 e. The molecular weight excluding hydrogens is 444 g/mol. The van der Waals surface area contributed by atoms with Crippen LogP contribution in [0, 0.1) is 20.8 Å². The van der Waals surface area contributed by atoms with Crippen LogP contribution in [-0.4, -0.2) is 39.6 Å². The minimum Gasteiger partial charge on any atom is -0.450 e. The quantitative estimate of drug-likeness (QED) is 0.604. The monoisotopic (exact) mass is 474 g/mol. The largest absolute Gasteiger partial charge is 0.450 e. The van der Waals surface area contributed by atoms with E-state index in [0.29, 0.717) is 35.7 Å². The minimum atomic E-state index is -0.422. The van der Waals surface area contributed by atoms with Crippen LogP contribution in [0.15, 0.2) is 47.3 Å². The minimum absolute atomic E-state index is 0.169. The topological polar surface area (TPSA) is 93.5 Å². The van der Waals surface area contributed by atoms with Gasteiger partial charge in [0, 0.05) is 23.4 Å². The Labute approximate surface area is 204 Å². The second-order valence-corrected chi connectivity index (χ2v) is 8.86. The van der Waals surface area contributed by atoms with Crippen LogP contribution in [0.1, 0.15) is 34.9 Å². The van der Waals surface area contributed by atoms with Gasteiger partial charge in [0.1, 0.15) is 12.4 Å². The first-order valence-corrected chi connectivity index (χ1v) is 11.7. The number of nitrogens with zero attached hydrogens (tertiary/aromatic N) is 3. The van der Waals surface area contributed by atoms with Crippen LogP contribution >= 0.6 is 0 Å². The first-order valence-electron chi connectivity index (χ1n) is 11.7. The summed E-state index contributed by atoms with van der Waals surface area (Å²) in [5.74, 6) is 0.0911. The number of fused-ring (bicyclic) bond motifs is 1. The Bertz CT molecular complexity index is 1330. The summed E-state index contributed by atoms with van der Waals surface area (Å²) in [6, 6.07) is 13.4. The van der Waals surface area contributed by atoms with Crippen molar-refractivity contribution in [3.05, 3.63) is 80.8 Å². The van der Waals surface area contributed by atoms with Gasteiger partial charge < -0.3 is 15.0 Å². The van der Waals surface area contributed by atoms with Crippen molar-refractivity contribution in [3.63, 3.8) is 0 Å². The number of aromatic nitrogens is 2. The Morgan fingerprint density at radius 1 is 1.06 bits per heavy atom. The molecule has 0 fully saturated rings. The van der Waals surface area contributed by atoms with Crippen molar-refractivity contribution in [1.29, 1.82) is 0 Å². The maximum absolute atomic E-state index is 13.6. The number of carbonyl (C=O) groups is 2. The fraction of sp³-hybridized carbons (Fsp3) is 0.333. The molecule has 2 amide bonds. The molecule has 4 rings (SSSR count). The van der Waals surface area contributed by atoms with Crippen molar-refractivity contribution in [1.82, 2.24) is 14.5 Å². The lowest BCUT2D eigenvalue weighted by atomic mass is 10.1. The van der Waals surface area contributed by atoms with Gasteiger partial charge in [0.2, 0.25) is 5.91 Å². The van der Waals surface area contributed by atoms with Gasteiger partial charge in [0.15, 0.2) is 0 Å². The standard InChI is InChI=1S/C27H30N4O4/c1-5-35-27(34)30-13-12-21-23(15-30)29-25(20-9-6-17(2)7-10-20)31(26(21)33)16-24(32)28-22-11-8-18(3)14-19(22)4/h6-11,14H,5,12-13,15-16H2,1-4H3,(H,28,32). The highest BCUT2D eigenvalue weighted by molar-refractivity contribution is 5.91. The van der Waals surface area contributed by atoms with Crippen LogP contribution in [0.25, 0.3) is 11.4 Å². The van der Waals surface area contributed by atoms with E-state index in [1.807, 2.05) is 63.2 Å². The fourth-order valence-electron chi connectivity index (χ4n) is 4.25. The SMILES string of the molecule is CCOC(=O)N1CCc2c(nc(-c3ccc(C)cc3)n(CC(=O)Nc3ccc(C)cc3C)c2=O)C1. The molecule has 1 aliphatic rings. The highest BCUT2D eigenvalue weighted by Crippen LogP contribution is 2.22. The normalized spacial score (nSPS) is 12.7. The molecule has 0 spiro atoms. The maximum Gasteiger partial charge on any atom is 0.410 e. The van der Waals surface area contributed by atoms with Crippen LogP contribution < -0.4 is 10.9 Å². The van der Waals surface area contributed by atoms with Crippen molar-refractivity contribution in [2.75, 3.05) is 18.5 Å². The lowest BCUT2D eigenvalue weighted by Crippen LogP contribution is -2.42. The molecule has 2 heterocycles. The maximum atomic E-state index is 13.6. The molecule has 8 nitrogen and oxygen atoms in total. The second-order valence-electron chi connectivity index (χ2n) is 8.86. The van der Waals surface area contributed by atoms with Crippen molar-refractivity contribution >= 4 is 17.7 Å². The van der Waals surface area contributed by atoms with E-state index >= 15 is 0 Å². The lowest BCUT2D eigenvalue weighted by Gasteiger charge is -2.28. The summed E-state index contributed by atoms with van der Waals surface area (Å²) in [6.07, 6.45) is -0.0683. The number of aryl methyl sites for hydroxylation is 3. The van der Waals surface area contributed by atoms with E-state index in [1.165, 1.54) is 4.57 Å². The molecule has 182 valence electrons. The average molecular weight is 475 g/mol. The third-order valence-corrected chi connectivity index (χ3v) is 6.11. The number of benzene rings is 2. The van der Waals surface area contributed by atoms with Gasteiger partial charge in [-0.15, -0.1) is 0 Å². The van der Waals surface area contributed by atoms with Gasteiger partial charge in [0.25, 0.3) is 5.56 Å². The molecule has 2 aromatic carbocycles. The van der Waals surface area contributed by atoms with Crippen molar-refractivity contribution in [2.24, 2.45) is 0 Å². The van der Waals surface area contributed by atoms with Crippen LogP contribution in [0.5, 0.6) is 0 Å². The van der Waals surface area contributed by atoms with Crippen LogP contribution in [0.3, 0.4) is 0 Å². The van der Waals surface area contributed by atoms with Gasteiger partial charge in [-0.2, -0.15) is 0 Å². The Hall–Kier alpha value is -3.94. The zero-order valence-electron chi connectivity index (χ0n) is 20.6. The number of anilines is 1. The van der Waals surface area contributed by atoms with Crippen molar-refractivity contribution < 1.29 is 14.3 Å². The summed E-state index contributed by atoms with van der Waals surface area (Å²) in [7, 11) is 0. The lowest BCUT2D eigenvalue weighted by molar-refractivity contribution is -0.116. The highest BCUT2D eigenvalue weighted by atomic mass is 16.6. The Morgan fingerprint density at radius 3 is 2.46 bits per heavy atom. The summed E-state index contributed by atoms with van der Waals surface area (Å²) in [6.45, 7) is 8.32. The van der Waals surface area contributed by atoms with E-state index in [4.69, 9.17) is 9.72 Å². The summed E-state index contributed by atoms with van der Waals surface area (Å²) in [5.41, 5.74) is 5.37. The first-order chi connectivity index (χ1) is 16.8. The summed E-state index contributed by atoms with van der Waals surface area (Å²) in [5, 5.41) is 2.92. The van der Waals surface area contributed by atoms with Gasteiger partial charge in [-0.1, -0.05) is 47.5 Å². The highest BCUT2D eigenvalue weighted by Gasteiger charge is 2.27. The predicted molar refractivity (Wildman–Crippen MR) is 134 cm³/mol. The molecule has 35 heavy (non-hydrogen) atoms. The third kappa shape index (κ3) is 5.26. The molecule has 0 atom stereocenters. The molecule has 0 radical (unpaired) electrons. The number of ether oxygens (including phenoxy) is 1. The Kier molecular flexibility index (Phi) is 7.00. The molecular formula is C27H30N4O4. The number of carbonyl (C=O) groups excluding carboxylic acids is 2. The number of amides is 2. The molecule has 8 heteroatoms. The number of nitrogens with one attached hydrogen (secondary N) is 1. The molecule has 0 unspecified atom stereocenters. The Balaban J connectivity index is 1.71. The van der Waals surface area contributed by atoms with E-state index < -0.39 is 6.09 Å². The fourth-order valence-corrected chi connectivity index (χ4v) is 4.25. The van der Waals surface area contributed by atoms with Gasteiger partial charge in [-0.3, -0.25) is 14.2 Å². The molecule has 1 N–H and O–H groups in total. The zero-order chi connectivity index (χ0) is 25.1. The van der Waals surface area contributed by atoms with Crippen LogP contribution in [0.4, 0.5) is 10.5 Å². The first kappa shape index (κ1) is 24.2. The molecule has 1 aliphatic heterocycles. The van der Waals surface area contributed by atoms with Gasteiger partial charge in [-0.25, -0.2) is 9.78 Å². The molecule has 0 saturated heterocycles. The van der Waals surface area contributed by atoms with E-state index in [1.54, 1.807) is 11.8 Å². The molecule has 1 aromatic heterocycles. The number of rotatable bonds is 5. The van der Waals surface area contributed by atoms with E-state index in [2.05, 4.69) is 5.32 Å². The molecule has 0 aliphatic carbocycles. The van der Waals surface area contributed by atoms with Crippen molar-refractivity contribution in [2.45, 2.75) is 47.2 Å². The second kappa shape index (κ2) is 10.1. The average Bonchev–Trinajstić information content (AvgIpc) is 2.83. The summed E-state index contributed by atoms with van der Waals surface area (Å²) < 4.78 is 6.56.